The molecule has 4 nitrogen and oxygen atoms in total. The summed E-state index contributed by atoms with van der Waals surface area (Å²) in [5.74, 6) is 0.814. The van der Waals surface area contributed by atoms with Gasteiger partial charge in [0.05, 0.1) is 11.1 Å². The normalized spacial score (nSPS) is 10.9. The molecule has 0 saturated carbocycles. The van der Waals surface area contributed by atoms with Crippen molar-refractivity contribution in [2.75, 3.05) is 0 Å². The Labute approximate surface area is 105 Å². The lowest BCUT2D eigenvalue weighted by atomic mass is 10.2. The number of hydrogen-bond acceptors (Lipinski definition) is 3. The predicted molar refractivity (Wildman–Crippen MR) is 68.7 cm³/mol. The Morgan fingerprint density at radius 1 is 1.24 bits per heavy atom. The summed E-state index contributed by atoms with van der Waals surface area (Å²) in [6.07, 6.45) is 1.69. The topological polar surface area (TPSA) is 61.8 Å². The van der Waals surface area contributed by atoms with E-state index in [-0.39, 0.29) is 5.75 Å². The first-order chi connectivity index (χ1) is 8.24. The number of aromatic hydroxyl groups is 1. The molecule has 0 amide bonds. The average molecular weight is 290 g/mol. The van der Waals surface area contributed by atoms with Crippen LogP contribution in [0.15, 0.2) is 41.0 Å². The molecule has 0 aliphatic carbocycles. The Bertz CT molecular complexity index is 693. The van der Waals surface area contributed by atoms with Crippen LogP contribution in [0.2, 0.25) is 0 Å². The quantitative estimate of drug-likeness (QED) is 0.724. The molecular formula is C12H8BrN3O. The number of halogens is 1. The van der Waals surface area contributed by atoms with Gasteiger partial charge >= 0.3 is 0 Å². The van der Waals surface area contributed by atoms with Gasteiger partial charge in [0.15, 0.2) is 5.65 Å². The van der Waals surface area contributed by atoms with Gasteiger partial charge in [0.25, 0.3) is 0 Å². The fourth-order valence-electron chi connectivity index (χ4n) is 1.68. The van der Waals surface area contributed by atoms with Gasteiger partial charge in [-0.1, -0.05) is 12.1 Å². The number of hydrogen-bond donors (Lipinski definition) is 2. The summed E-state index contributed by atoms with van der Waals surface area (Å²) in [7, 11) is 0. The van der Waals surface area contributed by atoms with Crippen LogP contribution in [0.5, 0.6) is 5.75 Å². The first-order valence-corrected chi connectivity index (χ1v) is 5.83. The summed E-state index contributed by atoms with van der Waals surface area (Å²) in [4.78, 5) is 11.7. The van der Waals surface area contributed by atoms with Crippen molar-refractivity contribution in [3.63, 3.8) is 0 Å². The molecule has 2 heterocycles. The number of phenolic OH excluding ortho intramolecular Hbond substituents is 1. The second-order valence-corrected chi connectivity index (χ2v) is 4.54. The van der Waals surface area contributed by atoms with Crippen LogP contribution in [0.25, 0.3) is 22.6 Å². The maximum Gasteiger partial charge on any atom is 0.178 e. The van der Waals surface area contributed by atoms with Crippen LogP contribution in [0, 0.1) is 0 Å². The molecule has 0 radical (unpaired) electrons. The van der Waals surface area contributed by atoms with E-state index in [4.69, 9.17) is 0 Å². The number of pyridine rings is 1. The molecule has 5 heteroatoms. The summed E-state index contributed by atoms with van der Waals surface area (Å²) in [5, 5.41) is 9.75. The van der Waals surface area contributed by atoms with E-state index in [0.29, 0.717) is 17.0 Å². The minimum Gasteiger partial charge on any atom is -0.507 e. The van der Waals surface area contributed by atoms with E-state index in [1.165, 1.54) is 0 Å². The van der Waals surface area contributed by atoms with Crippen LogP contribution >= 0.6 is 15.9 Å². The van der Waals surface area contributed by atoms with Crippen LogP contribution < -0.4 is 0 Å². The molecular weight excluding hydrogens is 282 g/mol. The van der Waals surface area contributed by atoms with E-state index < -0.39 is 0 Å². The molecule has 3 rings (SSSR count). The summed E-state index contributed by atoms with van der Waals surface area (Å²) in [6.45, 7) is 0. The predicted octanol–water partition coefficient (Wildman–Crippen LogP) is 3.09. The van der Waals surface area contributed by atoms with Gasteiger partial charge in [0.1, 0.15) is 11.6 Å². The van der Waals surface area contributed by atoms with Crippen molar-refractivity contribution in [3.8, 4) is 17.1 Å². The summed E-state index contributed by atoms with van der Waals surface area (Å²) < 4.78 is 0.887. The first-order valence-electron chi connectivity index (χ1n) is 5.03. The number of H-pyrrole nitrogens is 1. The maximum absolute atomic E-state index is 9.75. The fraction of sp³-hybridized carbons (Fsp3) is 0. The number of nitrogens with zero attached hydrogens (tertiary/aromatic N) is 2. The Kier molecular flexibility index (Phi) is 2.33. The zero-order chi connectivity index (χ0) is 11.8. The highest BCUT2D eigenvalue weighted by Crippen LogP contribution is 2.28. The van der Waals surface area contributed by atoms with Crippen LogP contribution in [0.4, 0.5) is 0 Å². The van der Waals surface area contributed by atoms with Gasteiger partial charge in [-0.15, -0.1) is 0 Å². The smallest absolute Gasteiger partial charge is 0.178 e. The number of benzene rings is 1. The third-order valence-corrected chi connectivity index (χ3v) is 2.90. The van der Waals surface area contributed by atoms with E-state index in [2.05, 4.69) is 30.9 Å². The largest absolute Gasteiger partial charge is 0.507 e. The fourth-order valence-corrected chi connectivity index (χ4v) is 2.01. The summed E-state index contributed by atoms with van der Waals surface area (Å²) in [6, 6.07) is 8.97. The second kappa shape index (κ2) is 3.85. The van der Waals surface area contributed by atoms with E-state index in [1.54, 1.807) is 18.3 Å². The van der Waals surface area contributed by atoms with Crippen molar-refractivity contribution in [1.82, 2.24) is 15.0 Å². The Morgan fingerprint density at radius 2 is 2.06 bits per heavy atom. The number of rotatable bonds is 1. The number of para-hydroxylation sites is 1. The third-order valence-electron chi connectivity index (χ3n) is 2.46. The van der Waals surface area contributed by atoms with Gasteiger partial charge in [0, 0.05) is 10.7 Å². The molecule has 3 aromatic rings. The Hall–Kier alpha value is -1.88. The number of aromatic amines is 1. The Morgan fingerprint density at radius 3 is 2.88 bits per heavy atom. The van der Waals surface area contributed by atoms with Crippen molar-refractivity contribution in [1.29, 1.82) is 0 Å². The van der Waals surface area contributed by atoms with Gasteiger partial charge in [-0.05, 0) is 34.1 Å². The zero-order valence-corrected chi connectivity index (χ0v) is 10.3. The minimum absolute atomic E-state index is 0.200. The van der Waals surface area contributed by atoms with Crippen LogP contribution in [-0.4, -0.2) is 20.1 Å². The van der Waals surface area contributed by atoms with Gasteiger partial charge in [-0.2, -0.15) is 0 Å². The molecule has 2 aromatic heterocycles. The molecule has 2 N–H and O–H groups in total. The van der Waals surface area contributed by atoms with E-state index in [0.717, 1.165) is 9.99 Å². The minimum atomic E-state index is 0.200. The van der Waals surface area contributed by atoms with Gasteiger partial charge in [-0.25, -0.2) is 9.97 Å². The van der Waals surface area contributed by atoms with Crippen molar-refractivity contribution >= 4 is 27.1 Å². The van der Waals surface area contributed by atoms with Crippen molar-refractivity contribution in [2.45, 2.75) is 0 Å². The monoisotopic (exact) mass is 289 g/mol. The molecule has 84 valence electrons. The van der Waals surface area contributed by atoms with Gasteiger partial charge in [0.2, 0.25) is 0 Å². The zero-order valence-electron chi connectivity index (χ0n) is 8.68. The molecule has 17 heavy (non-hydrogen) atoms. The number of fused-ring (bicyclic) bond motifs is 1. The van der Waals surface area contributed by atoms with E-state index >= 15 is 0 Å². The van der Waals surface area contributed by atoms with Crippen molar-refractivity contribution in [3.05, 3.63) is 41.0 Å². The molecule has 0 aliphatic rings. The van der Waals surface area contributed by atoms with Gasteiger partial charge in [-0.3, -0.25) is 0 Å². The summed E-state index contributed by atoms with van der Waals surface area (Å²) in [5.41, 5.74) is 2.13. The lowest BCUT2D eigenvalue weighted by molar-refractivity contribution is 0.477. The molecule has 0 bridgehead atoms. The van der Waals surface area contributed by atoms with Crippen molar-refractivity contribution < 1.29 is 5.11 Å². The van der Waals surface area contributed by atoms with E-state index in [1.807, 2.05) is 18.2 Å². The maximum atomic E-state index is 9.75. The van der Waals surface area contributed by atoms with Gasteiger partial charge < -0.3 is 10.1 Å². The van der Waals surface area contributed by atoms with E-state index in [9.17, 15) is 5.11 Å². The Balaban J connectivity index is 2.22. The molecule has 0 fully saturated rings. The standard InChI is InChI=1S/C12H8BrN3O/c13-7-5-9-12(14-6-7)16-11(15-9)8-3-1-2-4-10(8)17/h1-6,17H,(H,14,15,16). The molecule has 0 aliphatic heterocycles. The highest BCUT2D eigenvalue weighted by Gasteiger charge is 2.09. The molecule has 0 saturated heterocycles. The number of nitrogens with one attached hydrogen (secondary N) is 1. The molecule has 0 spiro atoms. The SMILES string of the molecule is Oc1ccccc1-c1nc2ncc(Br)cc2[nH]1. The highest BCUT2D eigenvalue weighted by molar-refractivity contribution is 9.10. The molecule has 1 aromatic carbocycles. The first kappa shape index (κ1) is 10.3. The lowest BCUT2D eigenvalue weighted by Crippen LogP contribution is -1.80. The van der Waals surface area contributed by atoms with Crippen LogP contribution in [0.1, 0.15) is 0 Å². The number of imidazole rings is 1. The van der Waals surface area contributed by atoms with Crippen LogP contribution in [-0.2, 0) is 0 Å². The third kappa shape index (κ3) is 1.78. The van der Waals surface area contributed by atoms with Crippen molar-refractivity contribution in [2.24, 2.45) is 0 Å². The number of phenols is 1. The molecule has 0 atom stereocenters. The molecule has 0 unspecified atom stereocenters. The average Bonchev–Trinajstić information content (AvgIpc) is 2.72. The van der Waals surface area contributed by atoms with Crippen LogP contribution in [0.3, 0.4) is 0 Å². The number of aromatic nitrogens is 3. The summed E-state index contributed by atoms with van der Waals surface area (Å²) >= 11 is 3.35. The highest BCUT2D eigenvalue weighted by atomic mass is 79.9. The lowest BCUT2D eigenvalue weighted by Gasteiger charge is -1.98. The second-order valence-electron chi connectivity index (χ2n) is 3.63.